The normalized spacial score (nSPS) is 19.4. The molecule has 0 unspecified atom stereocenters. The Morgan fingerprint density at radius 2 is 1.86 bits per heavy atom. The van der Waals surface area contributed by atoms with E-state index in [0.717, 1.165) is 37.8 Å². The number of rotatable bonds is 6. The number of carbonyl (C=O) groups is 1. The summed E-state index contributed by atoms with van der Waals surface area (Å²) in [5.41, 5.74) is 0.882. The Kier molecular flexibility index (Phi) is 7.96. The molecule has 1 fully saturated rings. The highest BCUT2D eigenvalue weighted by Gasteiger charge is 2.48. The molecule has 4 rings (SSSR count). The predicted molar refractivity (Wildman–Crippen MR) is 139 cm³/mol. The molecule has 0 aromatic heterocycles. The van der Waals surface area contributed by atoms with Crippen molar-refractivity contribution in [3.05, 3.63) is 54.6 Å². The molecule has 1 aliphatic carbocycles. The van der Waals surface area contributed by atoms with Crippen molar-refractivity contribution in [2.75, 3.05) is 31.4 Å². The first-order valence-electron chi connectivity index (χ1n) is 12.0. The van der Waals surface area contributed by atoms with Gasteiger partial charge in [0.2, 0.25) is 15.9 Å². The van der Waals surface area contributed by atoms with E-state index in [1.165, 1.54) is 22.1 Å². The molecule has 194 valence electrons. The Morgan fingerprint density at radius 3 is 2.50 bits per heavy atom. The first-order valence-corrected chi connectivity index (χ1v) is 14.6. The number of hydrogen-bond donors (Lipinski definition) is 0. The molecule has 0 N–H and O–H groups in total. The molecule has 1 saturated carbocycles. The molecule has 7 nitrogen and oxygen atoms in total. The number of hydrogen-bond acceptors (Lipinski definition) is 7. The molecule has 0 bridgehead atoms. The van der Waals surface area contributed by atoms with Crippen LogP contribution >= 0.6 is 11.8 Å². The first-order chi connectivity index (χ1) is 17.2. The van der Waals surface area contributed by atoms with Gasteiger partial charge in [0, 0.05) is 25.3 Å². The fourth-order valence-electron chi connectivity index (χ4n) is 4.97. The van der Waals surface area contributed by atoms with Crippen molar-refractivity contribution in [1.82, 2.24) is 4.31 Å². The van der Waals surface area contributed by atoms with Gasteiger partial charge in [-0.05, 0) is 44.2 Å². The highest BCUT2D eigenvalue weighted by Crippen LogP contribution is 2.48. The Hall–Kier alpha value is -2.56. The molecule has 2 aromatic carbocycles. The summed E-state index contributed by atoms with van der Waals surface area (Å²) in [7, 11) is -2.27. The van der Waals surface area contributed by atoms with E-state index >= 15 is 0 Å². The standard InChI is InChI=1S/C26H31FN2O5S2/c1-4-33-25(30)20(27)17-34-22-16-24-21(15-23(22)35-3)29(19-11-7-5-8-12-19)18-26(13-9-6-10-14-26)28(2)36(24,31)32/h5,7-8,11-12,15-17H,4,6,9-10,13-14,18H2,1-3H3/b20-17-. The van der Waals surface area contributed by atoms with E-state index in [1.54, 1.807) is 20.0 Å². The van der Waals surface area contributed by atoms with Crippen molar-refractivity contribution in [2.45, 2.75) is 54.4 Å². The van der Waals surface area contributed by atoms with Crippen molar-refractivity contribution < 1.29 is 27.1 Å². The number of likely N-dealkylation sites (N-methyl/N-ethyl adjacent to an activating group) is 1. The van der Waals surface area contributed by atoms with E-state index < -0.39 is 27.4 Å². The fraction of sp³-hybridized carbons (Fsp3) is 0.423. The van der Waals surface area contributed by atoms with Gasteiger partial charge in [-0.3, -0.25) is 0 Å². The van der Waals surface area contributed by atoms with Crippen LogP contribution in [0.25, 0.3) is 0 Å². The molecule has 0 radical (unpaired) electrons. The summed E-state index contributed by atoms with van der Waals surface area (Å²) in [5, 5.41) is 0. The van der Waals surface area contributed by atoms with Crippen LogP contribution in [0.5, 0.6) is 5.75 Å². The first kappa shape index (κ1) is 26.5. The van der Waals surface area contributed by atoms with Crippen LogP contribution in [-0.2, 0) is 19.6 Å². The zero-order valence-corrected chi connectivity index (χ0v) is 22.3. The number of esters is 1. The number of ether oxygens (including phenoxy) is 2. The number of thioether (sulfide) groups is 1. The number of anilines is 2. The number of fused-ring (bicyclic) bond motifs is 1. The third-order valence-corrected chi connectivity index (χ3v) is 9.66. The quantitative estimate of drug-likeness (QED) is 0.206. The van der Waals surface area contributed by atoms with Crippen molar-refractivity contribution in [2.24, 2.45) is 0 Å². The van der Waals surface area contributed by atoms with Gasteiger partial charge in [0.05, 0.1) is 22.7 Å². The lowest BCUT2D eigenvalue weighted by atomic mass is 9.81. The minimum Gasteiger partial charge on any atom is -0.461 e. The van der Waals surface area contributed by atoms with Crippen LogP contribution in [-0.4, -0.2) is 50.7 Å². The van der Waals surface area contributed by atoms with Crippen LogP contribution in [0.1, 0.15) is 39.0 Å². The largest absolute Gasteiger partial charge is 0.461 e. The number of nitrogens with zero attached hydrogens (tertiary/aromatic N) is 2. The summed E-state index contributed by atoms with van der Waals surface area (Å²) in [6.45, 7) is 2.12. The lowest BCUT2D eigenvalue weighted by Gasteiger charge is -2.44. The Balaban J connectivity index is 1.88. The highest BCUT2D eigenvalue weighted by molar-refractivity contribution is 7.98. The summed E-state index contributed by atoms with van der Waals surface area (Å²) >= 11 is 1.34. The molecule has 1 heterocycles. The number of carbonyl (C=O) groups excluding carboxylic acids is 1. The molecular weight excluding hydrogens is 503 g/mol. The molecule has 0 atom stereocenters. The second-order valence-corrected chi connectivity index (χ2v) is 11.7. The Morgan fingerprint density at radius 1 is 1.17 bits per heavy atom. The number of benzene rings is 2. The lowest BCUT2D eigenvalue weighted by Crippen LogP contribution is -2.54. The molecule has 2 aromatic rings. The van der Waals surface area contributed by atoms with Crippen molar-refractivity contribution in [1.29, 1.82) is 0 Å². The van der Waals surface area contributed by atoms with Crippen LogP contribution < -0.4 is 9.64 Å². The number of para-hydroxylation sites is 1. The van der Waals surface area contributed by atoms with E-state index in [1.807, 2.05) is 36.6 Å². The highest BCUT2D eigenvalue weighted by atomic mass is 32.2. The summed E-state index contributed by atoms with van der Waals surface area (Å²) in [6, 6.07) is 12.9. The second-order valence-electron chi connectivity index (χ2n) is 8.95. The molecule has 10 heteroatoms. The maximum absolute atomic E-state index is 14.2. The summed E-state index contributed by atoms with van der Waals surface area (Å²) in [6.07, 6.45) is 7.03. The van der Waals surface area contributed by atoms with Gasteiger partial charge in [-0.1, -0.05) is 37.5 Å². The lowest BCUT2D eigenvalue weighted by molar-refractivity contribution is -0.140. The van der Waals surface area contributed by atoms with Crippen LogP contribution in [0, 0.1) is 0 Å². The van der Waals surface area contributed by atoms with Crippen LogP contribution in [0.4, 0.5) is 15.8 Å². The van der Waals surface area contributed by atoms with Crippen LogP contribution in [0.3, 0.4) is 0 Å². The van der Waals surface area contributed by atoms with Gasteiger partial charge in [0.25, 0.3) is 0 Å². The summed E-state index contributed by atoms with van der Waals surface area (Å²) in [4.78, 5) is 14.4. The van der Waals surface area contributed by atoms with Gasteiger partial charge in [-0.15, -0.1) is 11.8 Å². The van der Waals surface area contributed by atoms with Crippen LogP contribution in [0.2, 0.25) is 0 Å². The minimum absolute atomic E-state index is 0.0245. The van der Waals surface area contributed by atoms with Crippen LogP contribution in [0.15, 0.2) is 64.3 Å². The smallest absolute Gasteiger partial charge is 0.370 e. The SMILES string of the molecule is CCOC(=O)/C(F)=C/Oc1cc2c(cc1SC)N(c1ccccc1)CC1(CCCCC1)N(C)S2(=O)=O. The molecule has 36 heavy (non-hydrogen) atoms. The predicted octanol–water partition coefficient (Wildman–Crippen LogP) is 5.64. The molecule has 0 saturated heterocycles. The molecule has 2 aliphatic rings. The Bertz CT molecular complexity index is 1240. The zero-order valence-electron chi connectivity index (χ0n) is 20.7. The third-order valence-electron chi connectivity index (χ3n) is 6.91. The van der Waals surface area contributed by atoms with E-state index in [-0.39, 0.29) is 17.3 Å². The number of sulfonamides is 1. The van der Waals surface area contributed by atoms with Gasteiger partial charge < -0.3 is 14.4 Å². The van der Waals surface area contributed by atoms with E-state index in [0.29, 0.717) is 23.4 Å². The van der Waals surface area contributed by atoms with Crippen molar-refractivity contribution in [3.63, 3.8) is 0 Å². The minimum atomic E-state index is -3.92. The zero-order chi connectivity index (χ0) is 25.9. The molecule has 1 spiro atoms. The summed E-state index contributed by atoms with van der Waals surface area (Å²) in [5.74, 6) is -2.20. The van der Waals surface area contributed by atoms with Gasteiger partial charge in [0.1, 0.15) is 16.9 Å². The summed E-state index contributed by atoms with van der Waals surface area (Å²) < 4.78 is 53.9. The third kappa shape index (κ3) is 4.99. The molecular formula is C26H31FN2O5S2. The topological polar surface area (TPSA) is 76.2 Å². The van der Waals surface area contributed by atoms with Gasteiger partial charge in [0.15, 0.2) is 0 Å². The van der Waals surface area contributed by atoms with Crippen molar-refractivity contribution >= 4 is 39.1 Å². The van der Waals surface area contributed by atoms with Gasteiger partial charge in [-0.2, -0.15) is 8.70 Å². The molecule has 0 amide bonds. The number of halogens is 1. The van der Waals surface area contributed by atoms with Gasteiger partial charge >= 0.3 is 5.97 Å². The fourth-order valence-corrected chi connectivity index (χ4v) is 7.24. The van der Waals surface area contributed by atoms with Crippen molar-refractivity contribution in [3.8, 4) is 5.75 Å². The van der Waals surface area contributed by atoms with Gasteiger partial charge in [-0.25, -0.2) is 13.2 Å². The van der Waals surface area contributed by atoms with E-state index in [2.05, 4.69) is 9.64 Å². The van der Waals surface area contributed by atoms with E-state index in [9.17, 15) is 17.6 Å². The second kappa shape index (κ2) is 10.8. The maximum atomic E-state index is 14.2. The Labute approximate surface area is 216 Å². The maximum Gasteiger partial charge on any atom is 0.370 e. The monoisotopic (exact) mass is 534 g/mol. The average Bonchev–Trinajstić information content (AvgIpc) is 2.96. The molecule has 1 aliphatic heterocycles. The average molecular weight is 535 g/mol. The van der Waals surface area contributed by atoms with E-state index in [4.69, 9.17) is 4.74 Å².